The van der Waals surface area contributed by atoms with Gasteiger partial charge in [0.25, 0.3) is 5.91 Å². The van der Waals surface area contributed by atoms with Crippen molar-refractivity contribution in [3.8, 4) is 0 Å². The minimum Gasteiger partial charge on any atom is -0.350 e. The van der Waals surface area contributed by atoms with E-state index in [1.54, 1.807) is 0 Å². The zero-order valence-corrected chi connectivity index (χ0v) is 13.6. The second-order valence-electron chi connectivity index (χ2n) is 5.63. The predicted octanol–water partition coefficient (Wildman–Crippen LogP) is 2.12. The van der Waals surface area contributed by atoms with Crippen molar-refractivity contribution in [3.63, 3.8) is 0 Å². The lowest BCUT2D eigenvalue weighted by atomic mass is 9.93. The number of carbonyl (C=O) groups is 1. The zero-order valence-electron chi connectivity index (χ0n) is 13.6. The highest BCUT2D eigenvalue weighted by atomic mass is 16.1. The molecule has 1 rings (SSSR count). The first kappa shape index (κ1) is 16.7. The van der Waals surface area contributed by atoms with Crippen molar-refractivity contribution < 1.29 is 4.79 Å². The second-order valence-corrected chi connectivity index (χ2v) is 5.63. The lowest BCUT2D eigenvalue weighted by molar-refractivity contribution is 0.0927. The summed E-state index contributed by atoms with van der Waals surface area (Å²) in [7, 11) is 4.15. The van der Waals surface area contributed by atoms with Crippen LogP contribution in [0.4, 0.5) is 0 Å². The van der Waals surface area contributed by atoms with Crippen LogP contribution in [0.2, 0.25) is 0 Å². The van der Waals surface area contributed by atoms with Gasteiger partial charge in [-0.05, 0) is 33.9 Å². The average molecular weight is 280 g/mol. The van der Waals surface area contributed by atoms with Gasteiger partial charge in [-0.3, -0.25) is 9.89 Å². The van der Waals surface area contributed by atoms with Gasteiger partial charge in [0, 0.05) is 18.3 Å². The topological polar surface area (TPSA) is 61.0 Å². The molecule has 0 aliphatic rings. The summed E-state index contributed by atoms with van der Waals surface area (Å²) in [6, 6.07) is 0.362. The molecule has 20 heavy (non-hydrogen) atoms. The van der Waals surface area contributed by atoms with Crippen molar-refractivity contribution in [1.29, 1.82) is 0 Å². The van der Waals surface area contributed by atoms with Gasteiger partial charge in [0.05, 0.1) is 11.3 Å². The summed E-state index contributed by atoms with van der Waals surface area (Å²) >= 11 is 0. The maximum atomic E-state index is 12.3. The van der Waals surface area contributed by atoms with E-state index in [0.29, 0.717) is 24.1 Å². The predicted molar refractivity (Wildman–Crippen MR) is 81.9 cm³/mol. The number of hydrogen-bond donors (Lipinski definition) is 2. The first-order valence-electron chi connectivity index (χ1n) is 7.38. The number of nitrogens with zero attached hydrogens (tertiary/aromatic N) is 2. The smallest absolute Gasteiger partial charge is 0.255 e. The van der Waals surface area contributed by atoms with Crippen LogP contribution in [0, 0.1) is 19.8 Å². The number of aromatic nitrogens is 2. The molecule has 0 radical (unpaired) electrons. The van der Waals surface area contributed by atoms with Crippen LogP contribution >= 0.6 is 0 Å². The zero-order chi connectivity index (χ0) is 15.3. The molecule has 0 aliphatic heterocycles. The van der Waals surface area contributed by atoms with Gasteiger partial charge in [-0.2, -0.15) is 5.10 Å². The van der Waals surface area contributed by atoms with E-state index in [9.17, 15) is 4.79 Å². The fourth-order valence-corrected chi connectivity index (χ4v) is 2.77. The highest BCUT2D eigenvalue weighted by molar-refractivity contribution is 5.96. The molecule has 0 saturated carbocycles. The molecular formula is C15H28N4O. The van der Waals surface area contributed by atoms with E-state index >= 15 is 0 Å². The third-order valence-electron chi connectivity index (χ3n) is 4.08. The highest BCUT2D eigenvalue weighted by Crippen LogP contribution is 2.17. The molecule has 1 unspecified atom stereocenters. The van der Waals surface area contributed by atoms with Crippen LogP contribution in [0.25, 0.3) is 0 Å². The van der Waals surface area contributed by atoms with Crippen molar-refractivity contribution >= 4 is 5.91 Å². The number of hydrogen-bond acceptors (Lipinski definition) is 3. The average Bonchev–Trinajstić information content (AvgIpc) is 2.73. The Morgan fingerprint density at radius 2 is 1.90 bits per heavy atom. The Morgan fingerprint density at radius 3 is 2.30 bits per heavy atom. The molecule has 2 N–H and O–H groups in total. The maximum Gasteiger partial charge on any atom is 0.255 e. The fraction of sp³-hybridized carbons (Fsp3) is 0.733. The minimum absolute atomic E-state index is 0.0356. The van der Waals surface area contributed by atoms with Crippen molar-refractivity contribution in [2.45, 2.75) is 46.6 Å². The summed E-state index contributed by atoms with van der Waals surface area (Å²) in [6.45, 7) is 8.80. The summed E-state index contributed by atoms with van der Waals surface area (Å²) in [4.78, 5) is 14.5. The first-order valence-corrected chi connectivity index (χ1v) is 7.38. The Hall–Kier alpha value is -1.36. The summed E-state index contributed by atoms with van der Waals surface area (Å²) < 4.78 is 0. The van der Waals surface area contributed by atoms with Gasteiger partial charge >= 0.3 is 0 Å². The Bertz CT molecular complexity index is 416. The summed E-state index contributed by atoms with van der Waals surface area (Å²) in [5.41, 5.74) is 2.25. The fourth-order valence-electron chi connectivity index (χ4n) is 2.77. The highest BCUT2D eigenvalue weighted by Gasteiger charge is 2.22. The van der Waals surface area contributed by atoms with Gasteiger partial charge in [0.2, 0.25) is 0 Å². The number of carbonyl (C=O) groups excluding carboxylic acids is 1. The maximum absolute atomic E-state index is 12.3. The van der Waals surface area contributed by atoms with Crippen molar-refractivity contribution in [1.82, 2.24) is 20.4 Å². The summed E-state index contributed by atoms with van der Waals surface area (Å²) in [5.74, 6) is 0.559. The Labute approximate surface area is 122 Å². The Kier molecular flexibility index (Phi) is 6.20. The number of likely N-dealkylation sites (N-methyl/N-ethyl adjacent to an activating group) is 1. The SMILES string of the molecule is CCC(CC)C(CNC(=O)c1c(C)n[nH]c1C)N(C)C. The van der Waals surface area contributed by atoms with Gasteiger partial charge in [0.1, 0.15) is 0 Å². The van der Waals surface area contributed by atoms with Crippen LogP contribution in [0.1, 0.15) is 48.4 Å². The molecule has 5 nitrogen and oxygen atoms in total. The lowest BCUT2D eigenvalue weighted by Gasteiger charge is -2.31. The molecule has 0 fully saturated rings. The van der Waals surface area contributed by atoms with Crippen LogP contribution in [-0.4, -0.2) is 47.7 Å². The molecule has 5 heteroatoms. The molecule has 0 aromatic carbocycles. The van der Waals surface area contributed by atoms with Crippen molar-refractivity contribution in [2.75, 3.05) is 20.6 Å². The summed E-state index contributed by atoms with van der Waals surface area (Å²) in [5, 5.41) is 9.98. The molecular weight excluding hydrogens is 252 g/mol. The molecule has 0 bridgehead atoms. The molecule has 1 atom stereocenters. The molecule has 0 aliphatic carbocycles. The van der Waals surface area contributed by atoms with Crippen LogP contribution in [0.15, 0.2) is 0 Å². The number of aryl methyl sites for hydroxylation is 2. The number of nitrogens with one attached hydrogen (secondary N) is 2. The van der Waals surface area contributed by atoms with Crippen LogP contribution in [0.5, 0.6) is 0 Å². The van der Waals surface area contributed by atoms with E-state index in [1.807, 2.05) is 13.8 Å². The lowest BCUT2D eigenvalue weighted by Crippen LogP contribution is -2.44. The molecule has 1 amide bonds. The van der Waals surface area contributed by atoms with Gasteiger partial charge in [0.15, 0.2) is 0 Å². The Balaban J connectivity index is 2.71. The molecule has 1 aromatic heterocycles. The molecule has 1 heterocycles. The molecule has 1 aromatic rings. The van der Waals surface area contributed by atoms with E-state index in [1.165, 1.54) is 0 Å². The number of H-pyrrole nitrogens is 1. The quantitative estimate of drug-likeness (QED) is 0.804. The standard InChI is InChI=1S/C15H28N4O/c1-7-12(8-2)13(19(5)6)9-16-15(20)14-10(3)17-18-11(14)4/h12-13H,7-9H2,1-6H3,(H,16,20)(H,17,18). The van der Waals surface area contributed by atoms with E-state index in [-0.39, 0.29) is 5.91 Å². The molecule has 0 saturated heterocycles. The second kappa shape index (κ2) is 7.43. The van der Waals surface area contributed by atoms with Crippen LogP contribution in [-0.2, 0) is 0 Å². The van der Waals surface area contributed by atoms with E-state index in [2.05, 4.69) is 48.4 Å². The monoisotopic (exact) mass is 280 g/mol. The van der Waals surface area contributed by atoms with Crippen molar-refractivity contribution in [2.24, 2.45) is 5.92 Å². The normalized spacial score (nSPS) is 13.0. The van der Waals surface area contributed by atoms with Gasteiger partial charge in [-0.15, -0.1) is 0 Å². The van der Waals surface area contributed by atoms with Crippen LogP contribution in [0.3, 0.4) is 0 Å². The van der Waals surface area contributed by atoms with Crippen LogP contribution < -0.4 is 5.32 Å². The minimum atomic E-state index is -0.0356. The molecule has 0 spiro atoms. The third-order valence-corrected chi connectivity index (χ3v) is 4.08. The van der Waals surface area contributed by atoms with Crippen molar-refractivity contribution in [3.05, 3.63) is 17.0 Å². The van der Waals surface area contributed by atoms with E-state index in [0.717, 1.165) is 24.2 Å². The van der Waals surface area contributed by atoms with Gasteiger partial charge in [-0.25, -0.2) is 0 Å². The number of rotatable bonds is 7. The third kappa shape index (κ3) is 3.82. The molecule has 114 valence electrons. The first-order chi connectivity index (χ1) is 9.42. The van der Waals surface area contributed by atoms with Gasteiger partial charge < -0.3 is 10.2 Å². The van der Waals surface area contributed by atoms with E-state index in [4.69, 9.17) is 0 Å². The number of aromatic amines is 1. The number of amides is 1. The Morgan fingerprint density at radius 1 is 1.30 bits per heavy atom. The van der Waals surface area contributed by atoms with E-state index < -0.39 is 0 Å². The van der Waals surface area contributed by atoms with Gasteiger partial charge in [-0.1, -0.05) is 26.7 Å². The largest absolute Gasteiger partial charge is 0.350 e. The summed E-state index contributed by atoms with van der Waals surface area (Å²) in [6.07, 6.45) is 2.25.